The van der Waals surface area contributed by atoms with E-state index in [1.54, 1.807) is 24.3 Å². The Morgan fingerprint density at radius 2 is 1.85 bits per heavy atom. The molecule has 0 aliphatic carbocycles. The first kappa shape index (κ1) is 17.6. The van der Waals surface area contributed by atoms with E-state index in [1.165, 1.54) is 30.3 Å². The lowest BCUT2D eigenvalue weighted by molar-refractivity contribution is -0.119. The molecule has 3 N–H and O–H groups in total. The number of anilines is 1. The predicted molar refractivity (Wildman–Crippen MR) is 92.9 cm³/mol. The summed E-state index contributed by atoms with van der Waals surface area (Å²) in [5.74, 6) is -1.44. The van der Waals surface area contributed by atoms with E-state index in [0.717, 1.165) is 5.39 Å². The van der Waals surface area contributed by atoms with E-state index in [-0.39, 0.29) is 16.3 Å². The van der Waals surface area contributed by atoms with Gasteiger partial charge in [-0.05, 0) is 30.3 Å². The summed E-state index contributed by atoms with van der Waals surface area (Å²) in [6, 6.07) is 14.0. The normalized spacial score (nSPS) is 11.3. The van der Waals surface area contributed by atoms with Crippen LogP contribution in [-0.4, -0.2) is 26.9 Å². The molecule has 0 spiro atoms. The van der Waals surface area contributed by atoms with Crippen LogP contribution >= 0.6 is 0 Å². The summed E-state index contributed by atoms with van der Waals surface area (Å²) in [6.45, 7) is -0.560. The topological polar surface area (TPSA) is 129 Å². The van der Waals surface area contributed by atoms with Gasteiger partial charge < -0.3 is 14.5 Å². The molecule has 0 aliphatic rings. The first-order chi connectivity index (χ1) is 12.3. The van der Waals surface area contributed by atoms with Crippen molar-refractivity contribution in [1.82, 2.24) is 0 Å². The van der Waals surface area contributed by atoms with E-state index in [4.69, 9.17) is 14.3 Å². The van der Waals surface area contributed by atoms with Gasteiger partial charge in [0.05, 0.1) is 4.90 Å². The number of primary sulfonamides is 1. The Balaban J connectivity index is 1.61. The second-order valence-electron chi connectivity index (χ2n) is 5.35. The fraction of sp³-hybridized carbons (Fsp3) is 0.0588. The van der Waals surface area contributed by atoms with Gasteiger partial charge in [-0.25, -0.2) is 18.4 Å². The molecule has 26 heavy (non-hydrogen) atoms. The van der Waals surface area contributed by atoms with Crippen molar-refractivity contribution >= 4 is 38.6 Å². The van der Waals surface area contributed by atoms with E-state index >= 15 is 0 Å². The summed E-state index contributed by atoms with van der Waals surface area (Å²) < 4.78 is 32.9. The lowest BCUT2D eigenvalue weighted by Crippen LogP contribution is -2.21. The lowest BCUT2D eigenvalue weighted by Gasteiger charge is -2.07. The Hall–Kier alpha value is -3.17. The maximum atomic E-state index is 12.0. The average Bonchev–Trinajstić information content (AvgIpc) is 3.03. The molecule has 1 amide bonds. The number of ether oxygens (including phenoxy) is 1. The van der Waals surface area contributed by atoms with Crippen molar-refractivity contribution in [3.63, 3.8) is 0 Å². The number of esters is 1. The number of benzene rings is 2. The SMILES string of the molecule is NS(=O)(=O)c1cccc(NC(=O)COC(=O)c2cc3ccccc3o2)c1. The van der Waals surface area contributed by atoms with Crippen LogP contribution in [0.1, 0.15) is 10.6 Å². The molecule has 0 bridgehead atoms. The molecule has 8 nitrogen and oxygen atoms in total. The monoisotopic (exact) mass is 374 g/mol. The van der Waals surface area contributed by atoms with Gasteiger partial charge >= 0.3 is 5.97 Å². The van der Waals surface area contributed by atoms with Crippen LogP contribution in [0.15, 0.2) is 63.9 Å². The summed E-state index contributed by atoms with van der Waals surface area (Å²) in [4.78, 5) is 23.7. The summed E-state index contributed by atoms with van der Waals surface area (Å²) in [6.07, 6.45) is 0. The van der Waals surface area contributed by atoms with Crippen molar-refractivity contribution in [1.29, 1.82) is 0 Å². The molecule has 0 atom stereocenters. The molecule has 0 unspecified atom stereocenters. The quantitative estimate of drug-likeness (QED) is 0.656. The lowest BCUT2D eigenvalue weighted by atomic mass is 10.2. The van der Waals surface area contributed by atoms with Gasteiger partial charge in [-0.15, -0.1) is 0 Å². The van der Waals surface area contributed by atoms with E-state index in [2.05, 4.69) is 5.32 Å². The Kier molecular flexibility index (Phi) is 4.74. The zero-order chi connectivity index (χ0) is 18.7. The molecule has 0 aliphatic heterocycles. The maximum Gasteiger partial charge on any atom is 0.374 e. The number of rotatable bonds is 5. The van der Waals surface area contributed by atoms with Crippen LogP contribution < -0.4 is 10.5 Å². The number of hydrogen-bond donors (Lipinski definition) is 2. The van der Waals surface area contributed by atoms with E-state index < -0.39 is 28.5 Å². The molecule has 1 aromatic heterocycles. The van der Waals surface area contributed by atoms with Gasteiger partial charge in [-0.1, -0.05) is 24.3 Å². The second-order valence-corrected chi connectivity index (χ2v) is 6.91. The first-order valence-corrected chi connectivity index (χ1v) is 8.96. The molecule has 2 aromatic carbocycles. The zero-order valence-corrected chi connectivity index (χ0v) is 14.2. The summed E-state index contributed by atoms with van der Waals surface area (Å²) in [7, 11) is -3.88. The van der Waals surface area contributed by atoms with Crippen LogP contribution in [0.3, 0.4) is 0 Å². The predicted octanol–water partition coefficient (Wildman–Crippen LogP) is 1.88. The zero-order valence-electron chi connectivity index (χ0n) is 13.3. The van der Waals surface area contributed by atoms with Crippen LogP contribution in [0.4, 0.5) is 5.69 Å². The number of sulfonamides is 1. The van der Waals surface area contributed by atoms with Crippen molar-refractivity contribution in [2.24, 2.45) is 5.14 Å². The smallest absolute Gasteiger partial charge is 0.374 e. The fourth-order valence-electron chi connectivity index (χ4n) is 2.23. The van der Waals surface area contributed by atoms with Crippen molar-refractivity contribution in [3.05, 3.63) is 60.4 Å². The molecule has 9 heteroatoms. The summed E-state index contributed by atoms with van der Waals surface area (Å²) in [5, 5.41) is 8.19. The highest BCUT2D eigenvalue weighted by atomic mass is 32.2. The second kappa shape index (κ2) is 6.98. The highest BCUT2D eigenvalue weighted by Crippen LogP contribution is 2.19. The first-order valence-electron chi connectivity index (χ1n) is 7.41. The highest BCUT2D eigenvalue weighted by molar-refractivity contribution is 7.89. The van der Waals surface area contributed by atoms with Crippen molar-refractivity contribution in [3.8, 4) is 0 Å². The van der Waals surface area contributed by atoms with E-state index in [1.807, 2.05) is 0 Å². The molecule has 0 saturated heterocycles. The fourth-order valence-corrected chi connectivity index (χ4v) is 2.79. The van der Waals surface area contributed by atoms with Gasteiger partial charge in [-0.2, -0.15) is 0 Å². The number of hydrogen-bond acceptors (Lipinski definition) is 6. The van der Waals surface area contributed by atoms with Gasteiger partial charge in [0, 0.05) is 11.1 Å². The van der Waals surface area contributed by atoms with E-state index in [0.29, 0.717) is 5.58 Å². The highest BCUT2D eigenvalue weighted by Gasteiger charge is 2.16. The molecular weight excluding hydrogens is 360 g/mol. The molecule has 3 rings (SSSR count). The minimum atomic E-state index is -3.88. The largest absolute Gasteiger partial charge is 0.450 e. The Labute approximate surface area is 148 Å². The number of nitrogens with two attached hydrogens (primary N) is 1. The third-order valence-electron chi connectivity index (χ3n) is 3.41. The van der Waals surface area contributed by atoms with Gasteiger partial charge in [0.2, 0.25) is 15.8 Å². The van der Waals surface area contributed by atoms with Crippen LogP contribution in [0.5, 0.6) is 0 Å². The molecule has 3 aromatic rings. The Morgan fingerprint density at radius 3 is 2.58 bits per heavy atom. The van der Waals surface area contributed by atoms with Crippen LogP contribution in [0.25, 0.3) is 11.0 Å². The third kappa shape index (κ3) is 4.08. The average molecular weight is 374 g/mol. The van der Waals surface area contributed by atoms with Crippen molar-refractivity contribution < 1.29 is 27.2 Å². The Bertz CT molecular complexity index is 1050. The molecule has 0 radical (unpaired) electrons. The number of furan rings is 1. The minimum Gasteiger partial charge on any atom is -0.450 e. The molecule has 0 fully saturated rings. The summed E-state index contributed by atoms with van der Waals surface area (Å²) in [5.41, 5.74) is 0.741. The van der Waals surface area contributed by atoms with Gasteiger partial charge in [0.25, 0.3) is 5.91 Å². The number of carbonyl (C=O) groups is 2. The van der Waals surface area contributed by atoms with Crippen LogP contribution in [-0.2, 0) is 19.6 Å². The van der Waals surface area contributed by atoms with Crippen molar-refractivity contribution in [2.75, 3.05) is 11.9 Å². The standard InChI is InChI=1S/C17H14N2O6S/c18-26(22,23)13-6-3-5-12(9-13)19-16(20)10-24-17(21)15-8-11-4-1-2-7-14(11)25-15/h1-9H,10H2,(H,19,20)(H2,18,22,23). The van der Waals surface area contributed by atoms with Crippen molar-refractivity contribution in [2.45, 2.75) is 4.90 Å². The van der Waals surface area contributed by atoms with Crippen LogP contribution in [0, 0.1) is 0 Å². The van der Waals surface area contributed by atoms with Gasteiger partial charge in [0.1, 0.15) is 5.58 Å². The van der Waals surface area contributed by atoms with Gasteiger partial charge in [0.15, 0.2) is 6.61 Å². The molecule has 134 valence electrons. The van der Waals surface area contributed by atoms with Gasteiger partial charge in [-0.3, -0.25) is 4.79 Å². The molecule has 1 heterocycles. The number of para-hydroxylation sites is 1. The number of fused-ring (bicyclic) bond motifs is 1. The number of amides is 1. The van der Waals surface area contributed by atoms with Crippen LogP contribution in [0.2, 0.25) is 0 Å². The molecule has 0 saturated carbocycles. The number of nitrogens with one attached hydrogen (secondary N) is 1. The Morgan fingerprint density at radius 1 is 1.08 bits per heavy atom. The number of carbonyl (C=O) groups excluding carboxylic acids is 2. The molecular formula is C17H14N2O6S. The minimum absolute atomic E-state index is 0.0183. The maximum absolute atomic E-state index is 12.0. The third-order valence-corrected chi connectivity index (χ3v) is 4.32. The van der Waals surface area contributed by atoms with E-state index in [9.17, 15) is 18.0 Å². The summed E-state index contributed by atoms with van der Waals surface area (Å²) >= 11 is 0.